The van der Waals surface area contributed by atoms with Crippen LogP contribution in [0.25, 0.3) is 22.3 Å². The maximum atomic E-state index is 8.58. The number of nitrogens with one attached hydrogen (secondary N) is 2. The highest BCUT2D eigenvalue weighted by atomic mass is 79.9. The number of hydrogen-bond acceptors (Lipinski definition) is 4. The second-order valence-corrected chi connectivity index (χ2v) is 12.8. The van der Waals surface area contributed by atoms with E-state index < -0.39 is 7.12 Å². The quantitative estimate of drug-likeness (QED) is 0.122. The van der Waals surface area contributed by atoms with Crippen LogP contribution in [0.1, 0.15) is 0 Å². The fourth-order valence-electron chi connectivity index (χ4n) is 4.78. The van der Waals surface area contributed by atoms with Crippen LogP contribution in [0.3, 0.4) is 0 Å². The van der Waals surface area contributed by atoms with Gasteiger partial charge in [0, 0.05) is 31.7 Å². The maximum absolute atomic E-state index is 8.58. The lowest BCUT2D eigenvalue weighted by atomic mass is 9.81. The molecule has 0 aromatic heterocycles. The molecule has 0 unspecified atom stereocenters. The van der Waals surface area contributed by atoms with Crippen LogP contribution in [0.4, 0.5) is 22.7 Å². The first-order chi connectivity index (χ1) is 23.9. The van der Waals surface area contributed by atoms with Gasteiger partial charge in [-0.1, -0.05) is 147 Å². The molecule has 0 amide bonds. The Balaban J connectivity index is 0.000000164. The summed E-state index contributed by atoms with van der Waals surface area (Å²) in [5.74, 6) is 0. The largest absolute Gasteiger partial charge is 0.488 e. The molecular formula is C42H35BBr2N2O2. The predicted molar refractivity (Wildman–Crippen MR) is 215 cm³/mol. The van der Waals surface area contributed by atoms with Crippen molar-refractivity contribution >= 4 is 67.2 Å². The Kier molecular flexibility index (Phi) is 13.4. The number of hydrogen-bond donors (Lipinski definition) is 4. The Morgan fingerprint density at radius 3 is 0.878 bits per heavy atom. The standard InChI is InChI=1S/C24H19N.C12H9Br2N.C6H7BO2/c1-3-7-19(8-4-1)21-11-15-23(16-12-21)25-24-17-13-22(14-18-24)20-9-5-2-6-10-20;13-9-1-5-11(6-2-9)15-12-7-3-10(14)4-8-12;8-7(9)6-4-2-1-3-5-6/h1-18,25H;1-8,15H;1-5,8-9H. The third kappa shape index (κ3) is 11.6. The minimum Gasteiger partial charge on any atom is -0.423 e. The van der Waals surface area contributed by atoms with E-state index in [0.717, 1.165) is 31.7 Å². The lowest BCUT2D eigenvalue weighted by Gasteiger charge is -2.09. The molecule has 7 rings (SSSR count). The van der Waals surface area contributed by atoms with Crippen molar-refractivity contribution in [3.63, 3.8) is 0 Å². The van der Waals surface area contributed by atoms with E-state index >= 15 is 0 Å². The Morgan fingerprint density at radius 1 is 0.327 bits per heavy atom. The van der Waals surface area contributed by atoms with Gasteiger partial charge in [0.25, 0.3) is 0 Å². The monoisotopic (exact) mass is 768 g/mol. The third-order valence-corrected chi connectivity index (χ3v) is 8.40. The second-order valence-electron chi connectivity index (χ2n) is 10.9. The first-order valence-corrected chi connectivity index (χ1v) is 17.3. The minimum atomic E-state index is -1.34. The summed E-state index contributed by atoms with van der Waals surface area (Å²) in [4.78, 5) is 0. The number of benzene rings is 7. The van der Waals surface area contributed by atoms with Crippen molar-refractivity contribution in [1.29, 1.82) is 0 Å². The molecule has 7 aromatic carbocycles. The van der Waals surface area contributed by atoms with Crippen LogP contribution in [0.5, 0.6) is 0 Å². The molecule has 4 nitrogen and oxygen atoms in total. The normalized spacial score (nSPS) is 10.0. The van der Waals surface area contributed by atoms with Gasteiger partial charge in [0.2, 0.25) is 0 Å². The fraction of sp³-hybridized carbons (Fsp3) is 0. The SMILES string of the molecule is Brc1ccc(Nc2ccc(Br)cc2)cc1.OB(O)c1ccccc1.c1ccc(-c2ccc(Nc3ccc(-c4ccccc4)cc3)cc2)cc1. The van der Waals surface area contributed by atoms with Crippen molar-refractivity contribution in [3.05, 3.63) is 197 Å². The molecule has 0 spiro atoms. The van der Waals surface area contributed by atoms with Gasteiger partial charge in [0.1, 0.15) is 0 Å². The summed E-state index contributed by atoms with van der Waals surface area (Å²) >= 11 is 6.81. The van der Waals surface area contributed by atoms with Crippen LogP contribution in [0.15, 0.2) is 197 Å². The average molecular weight is 770 g/mol. The third-order valence-electron chi connectivity index (χ3n) is 7.35. The number of anilines is 4. The molecule has 0 atom stereocenters. The second kappa shape index (κ2) is 18.6. The van der Waals surface area contributed by atoms with Crippen molar-refractivity contribution in [2.45, 2.75) is 0 Å². The molecule has 0 saturated carbocycles. The highest BCUT2D eigenvalue weighted by Crippen LogP contribution is 2.26. The molecule has 0 heterocycles. The zero-order chi connectivity index (χ0) is 34.3. The highest BCUT2D eigenvalue weighted by molar-refractivity contribution is 9.10. The lowest BCUT2D eigenvalue weighted by Crippen LogP contribution is -2.29. The van der Waals surface area contributed by atoms with Gasteiger partial charge >= 0.3 is 7.12 Å². The minimum absolute atomic E-state index is 0.525. The van der Waals surface area contributed by atoms with Crippen LogP contribution in [0.2, 0.25) is 0 Å². The maximum Gasteiger partial charge on any atom is 0.488 e. The predicted octanol–water partition coefficient (Wildman–Crippen LogP) is 11.1. The summed E-state index contributed by atoms with van der Waals surface area (Å²) in [6.45, 7) is 0. The highest BCUT2D eigenvalue weighted by Gasteiger charge is 2.07. The van der Waals surface area contributed by atoms with Crippen molar-refractivity contribution in [1.82, 2.24) is 0 Å². The topological polar surface area (TPSA) is 64.5 Å². The van der Waals surface area contributed by atoms with Crippen molar-refractivity contribution in [2.75, 3.05) is 10.6 Å². The molecule has 0 radical (unpaired) electrons. The van der Waals surface area contributed by atoms with E-state index in [9.17, 15) is 0 Å². The molecular weight excluding hydrogens is 735 g/mol. The van der Waals surface area contributed by atoms with Crippen LogP contribution in [-0.2, 0) is 0 Å². The molecule has 0 aliphatic carbocycles. The summed E-state index contributed by atoms with van der Waals surface area (Å²) in [6.07, 6.45) is 0. The van der Waals surface area contributed by atoms with E-state index in [4.69, 9.17) is 10.0 Å². The summed E-state index contributed by atoms with van der Waals surface area (Å²) in [6, 6.07) is 62.8. The van der Waals surface area contributed by atoms with E-state index in [2.05, 4.69) is 140 Å². The summed E-state index contributed by atoms with van der Waals surface area (Å²) in [7, 11) is -1.34. The average Bonchev–Trinajstić information content (AvgIpc) is 3.16. The van der Waals surface area contributed by atoms with E-state index in [-0.39, 0.29) is 0 Å². The van der Waals surface area contributed by atoms with E-state index in [1.807, 2.05) is 66.7 Å². The Morgan fingerprint density at radius 2 is 0.592 bits per heavy atom. The van der Waals surface area contributed by atoms with Crippen molar-refractivity contribution in [2.24, 2.45) is 0 Å². The molecule has 7 aromatic rings. The zero-order valence-corrected chi connectivity index (χ0v) is 29.8. The van der Waals surface area contributed by atoms with E-state index in [1.54, 1.807) is 24.3 Å². The summed E-state index contributed by atoms with van der Waals surface area (Å²) in [5, 5.41) is 23.9. The van der Waals surface area contributed by atoms with Crippen molar-refractivity contribution < 1.29 is 10.0 Å². The Bertz CT molecular complexity index is 1840. The molecule has 7 heteroatoms. The molecule has 0 saturated heterocycles. The molecule has 242 valence electrons. The Labute approximate surface area is 305 Å². The number of rotatable bonds is 7. The van der Waals surface area contributed by atoms with Gasteiger partial charge in [-0.15, -0.1) is 0 Å². The molecule has 0 aliphatic rings. The van der Waals surface area contributed by atoms with Crippen molar-refractivity contribution in [3.8, 4) is 22.3 Å². The molecule has 4 N–H and O–H groups in total. The lowest BCUT2D eigenvalue weighted by molar-refractivity contribution is 0.426. The smallest absolute Gasteiger partial charge is 0.423 e. The number of halogens is 2. The fourth-order valence-corrected chi connectivity index (χ4v) is 5.31. The van der Waals surface area contributed by atoms with Gasteiger partial charge in [-0.2, -0.15) is 0 Å². The summed E-state index contributed by atoms with van der Waals surface area (Å²) in [5.41, 5.74) is 9.80. The van der Waals surface area contributed by atoms with Gasteiger partial charge < -0.3 is 20.7 Å². The molecule has 0 bridgehead atoms. The first kappa shape index (κ1) is 35.4. The Hall–Kier alpha value is -4.92. The first-order valence-electron chi connectivity index (χ1n) is 15.7. The van der Waals surface area contributed by atoms with Crippen LogP contribution < -0.4 is 16.1 Å². The van der Waals surface area contributed by atoms with E-state index in [1.165, 1.54) is 22.3 Å². The van der Waals surface area contributed by atoms with Gasteiger partial charge in [-0.25, -0.2) is 0 Å². The molecule has 0 fully saturated rings. The van der Waals surface area contributed by atoms with Gasteiger partial charge in [0.05, 0.1) is 0 Å². The zero-order valence-electron chi connectivity index (χ0n) is 26.6. The van der Waals surface area contributed by atoms with Gasteiger partial charge in [-0.3, -0.25) is 0 Å². The molecule has 49 heavy (non-hydrogen) atoms. The van der Waals surface area contributed by atoms with Gasteiger partial charge in [0.15, 0.2) is 0 Å². The van der Waals surface area contributed by atoms with Crippen LogP contribution in [0, 0.1) is 0 Å². The van der Waals surface area contributed by atoms with Crippen LogP contribution >= 0.6 is 31.9 Å². The van der Waals surface area contributed by atoms with E-state index in [0.29, 0.717) is 5.46 Å². The summed E-state index contributed by atoms with van der Waals surface area (Å²) < 4.78 is 2.17. The molecule has 0 aliphatic heterocycles. The van der Waals surface area contributed by atoms with Gasteiger partial charge in [-0.05, 0) is 101 Å². The van der Waals surface area contributed by atoms with Crippen LogP contribution in [-0.4, -0.2) is 17.2 Å².